The molecule has 0 aliphatic carbocycles. The van der Waals surface area contributed by atoms with Gasteiger partial charge in [-0.1, -0.05) is 5.16 Å². The van der Waals surface area contributed by atoms with Gasteiger partial charge in [-0.05, 0) is 38.3 Å². The van der Waals surface area contributed by atoms with Crippen LogP contribution in [0.2, 0.25) is 0 Å². The minimum Gasteiger partial charge on any atom is -0.508 e. The summed E-state index contributed by atoms with van der Waals surface area (Å²) >= 11 is 0. The highest BCUT2D eigenvalue weighted by molar-refractivity contribution is 5.58. The molecule has 2 heterocycles. The standard InChI is InChI=1S/C14H16N2O4/c1-14(4-2-3-5-19-14)13-15-12(20-16-13)9-6-10(17)8-11(18)7-9/h6-8,17-18H,2-5H2,1H3. The van der Waals surface area contributed by atoms with Crippen LogP contribution < -0.4 is 0 Å². The molecule has 1 aliphatic rings. The van der Waals surface area contributed by atoms with Gasteiger partial charge in [-0.25, -0.2) is 0 Å². The first-order valence-electron chi connectivity index (χ1n) is 6.58. The number of nitrogens with zero attached hydrogens (tertiary/aromatic N) is 2. The van der Waals surface area contributed by atoms with Crippen LogP contribution in [0.5, 0.6) is 11.5 Å². The van der Waals surface area contributed by atoms with Gasteiger partial charge in [0.1, 0.15) is 17.1 Å². The monoisotopic (exact) mass is 276 g/mol. The van der Waals surface area contributed by atoms with Crippen molar-refractivity contribution in [3.63, 3.8) is 0 Å². The first kappa shape index (κ1) is 12.9. The highest BCUT2D eigenvalue weighted by Gasteiger charge is 2.35. The molecular formula is C14H16N2O4. The van der Waals surface area contributed by atoms with Gasteiger partial charge in [0.25, 0.3) is 5.89 Å². The van der Waals surface area contributed by atoms with Gasteiger partial charge in [0.15, 0.2) is 0 Å². The summed E-state index contributed by atoms with van der Waals surface area (Å²) in [5.74, 6) is 0.636. The second-order valence-corrected chi connectivity index (χ2v) is 5.20. The third kappa shape index (κ3) is 2.34. The van der Waals surface area contributed by atoms with Crippen molar-refractivity contribution in [3.05, 3.63) is 24.0 Å². The van der Waals surface area contributed by atoms with Gasteiger partial charge >= 0.3 is 0 Å². The number of phenols is 2. The maximum absolute atomic E-state index is 9.49. The molecule has 20 heavy (non-hydrogen) atoms. The lowest BCUT2D eigenvalue weighted by Gasteiger charge is -2.30. The lowest BCUT2D eigenvalue weighted by molar-refractivity contribution is -0.0770. The predicted molar refractivity (Wildman–Crippen MR) is 70.2 cm³/mol. The Morgan fingerprint density at radius 2 is 1.90 bits per heavy atom. The smallest absolute Gasteiger partial charge is 0.258 e. The zero-order chi connectivity index (χ0) is 14.2. The van der Waals surface area contributed by atoms with Crippen LogP contribution in [-0.4, -0.2) is 27.0 Å². The summed E-state index contributed by atoms with van der Waals surface area (Å²) in [6, 6.07) is 4.16. The summed E-state index contributed by atoms with van der Waals surface area (Å²) in [7, 11) is 0. The first-order chi connectivity index (χ1) is 9.57. The molecule has 1 aromatic carbocycles. The molecule has 1 unspecified atom stereocenters. The summed E-state index contributed by atoms with van der Waals surface area (Å²) in [5, 5.41) is 22.9. The number of hydrogen-bond acceptors (Lipinski definition) is 6. The Balaban J connectivity index is 1.93. The highest BCUT2D eigenvalue weighted by atomic mass is 16.5. The van der Waals surface area contributed by atoms with E-state index in [0.717, 1.165) is 19.3 Å². The molecule has 1 aliphatic heterocycles. The van der Waals surface area contributed by atoms with Crippen LogP contribution >= 0.6 is 0 Å². The zero-order valence-corrected chi connectivity index (χ0v) is 11.2. The number of aromatic hydroxyl groups is 2. The molecule has 0 spiro atoms. The summed E-state index contributed by atoms with van der Waals surface area (Å²) in [5.41, 5.74) is -0.0561. The topological polar surface area (TPSA) is 88.6 Å². The zero-order valence-electron chi connectivity index (χ0n) is 11.2. The van der Waals surface area contributed by atoms with Crippen molar-refractivity contribution in [3.8, 4) is 23.0 Å². The van der Waals surface area contributed by atoms with E-state index in [9.17, 15) is 10.2 Å². The lowest BCUT2D eigenvalue weighted by Crippen LogP contribution is -2.31. The van der Waals surface area contributed by atoms with E-state index in [1.807, 2.05) is 6.92 Å². The third-order valence-electron chi connectivity index (χ3n) is 3.52. The van der Waals surface area contributed by atoms with Gasteiger partial charge in [0.05, 0.1) is 0 Å². The molecule has 2 N–H and O–H groups in total. The van der Waals surface area contributed by atoms with E-state index in [4.69, 9.17) is 9.26 Å². The fourth-order valence-corrected chi connectivity index (χ4v) is 2.38. The Morgan fingerprint density at radius 1 is 1.15 bits per heavy atom. The van der Waals surface area contributed by atoms with Crippen LogP contribution in [0.4, 0.5) is 0 Å². The molecule has 6 nitrogen and oxygen atoms in total. The van der Waals surface area contributed by atoms with Gasteiger partial charge in [-0.15, -0.1) is 0 Å². The average molecular weight is 276 g/mol. The van der Waals surface area contributed by atoms with Crippen LogP contribution in [0.25, 0.3) is 11.5 Å². The molecule has 3 rings (SSSR count). The van der Waals surface area contributed by atoms with Crippen LogP contribution in [0, 0.1) is 0 Å². The van der Waals surface area contributed by atoms with Crippen LogP contribution in [0.1, 0.15) is 32.0 Å². The second kappa shape index (κ2) is 4.79. The summed E-state index contributed by atoms with van der Waals surface area (Å²) in [6.07, 6.45) is 2.95. The van der Waals surface area contributed by atoms with E-state index in [1.165, 1.54) is 18.2 Å². The van der Waals surface area contributed by atoms with Crippen molar-refractivity contribution >= 4 is 0 Å². The second-order valence-electron chi connectivity index (χ2n) is 5.20. The van der Waals surface area contributed by atoms with Crippen molar-refractivity contribution < 1.29 is 19.5 Å². The van der Waals surface area contributed by atoms with E-state index in [1.54, 1.807) is 0 Å². The predicted octanol–water partition coefficient (Wildman–Crippen LogP) is 2.56. The molecule has 1 atom stereocenters. The molecule has 1 aromatic heterocycles. The molecular weight excluding hydrogens is 260 g/mol. The maximum Gasteiger partial charge on any atom is 0.258 e. The summed E-state index contributed by atoms with van der Waals surface area (Å²) in [4.78, 5) is 4.33. The number of rotatable bonds is 2. The van der Waals surface area contributed by atoms with Crippen LogP contribution in [-0.2, 0) is 10.3 Å². The van der Waals surface area contributed by atoms with Gasteiger partial charge in [-0.2, -0.15) is 4.98 Å². The summed E-state index contributed by atoms with van der Waals surface area (Å²) in [6.45, 7) is 2.63. The van der Waals surface area contributed by atoms with Crippen LogP contribution in [0.15, 0.2) is 22.7 Å². The van der Waals surface area contributed by atoms with E-state index in [-0.39, 0.29) is 17.4 Å². The number of phenolic OH excluding ortho intramolecular Hbond substituents is 2. The van der Waals surface area contributed by atoms with Crippen molar-refractivity contribution in [2.75, 3.05) is 6.61 Å². The third-order valence-corrected chi connectivity index (χ3v) is 3.52. The SMILES string of the molecule is CC1(c2noc(-c3cc(O)cc(O)c3)n2)CCCCO1. The molecule has 2 aromatic rings. The maximum atomic E-state index is 9.49. The van der Waals surface area contributed by atoms with E-state index < -0.39 is 5.60 Å². The van der Waals surface area contributed by atoms with Crippen molar-refractivity contribution in [2.24, 2.45) is 0 Å². The fraction of sp³-hybridized carbons (Fsp3) is 0.429. The number of hydrogen-bond donors (Lipinski definition) is 2. The van der Waals surface area contributed by atoms with Gasteiger partial charge in [0, 0.05) is 18.2 Å². The van der Waals surface area contributed by atoms with Gasteiger partial charge < -0.3 is 19.5 Å². The summed E-state index contributed by atoms with van der Waals surface area (Å²) < 4.78 is 11.0. The Morgan fingerprint density at radius 3 is 2.55 bits per heavy atom. The van der Waals surface area contributed by atoms with E-state index in [0.29, 0.717) is 18.0 Å². The molecule has 1 fully saturated rings. The van der Waals surface area contributed by atoms with Gasteiger partial charge in [-0.3, -0.25) is 0 Å². The fourth-order valence-electron chi connectivity index (χ4n) is 2.38. The van der Waals surface area contributed by atoms with Crippen molar-refractivity contribution in [1.29, 1.82) is 0 Å². The minimum atomic E-state index is -0.529. The van der Waals surface area contributed by atoms with Crippen molar-refractivity contribution in [1.82, 2.24) is 10.1 Å². The van der Waals surface area contributed by atoms with Crippen LogP contribution in [0.3, 0.4) is 0 Å². The Hall–Kier alpha value is -2.08. The largest absolute Gasteiger partial charge is 0.508 e. The molecule has 0 radical (unpaired) electrons. The molecule has 6 heteroatoms. The van der Waals surface area contributed by atoms with E-state index in [2.05, 4.69) is 10.1 Å². The Bertz CT molecular complexity index is 597. The normalized spacial score (nSPS) is 22.9. The number of ether oxygens (including phenoxy) is 1. The Kier molecular flexibility index (Phi) is 3.10. The van der Waals surface area contributed by atoms with Crippen molar-refractivity contribution in [2.45, 2.75) is 31.8 Å². The molecule has 0 bridgehead atoms. The number of benzene rings is 1. The van der Waals surface area contributed by atoms with Gasteiger partial charge in [0.2, 0.25) is 5.82 Å². The van der Waals surface area contributed by atoms with E-state index >= 15 is 0 Å². The highest BCUT2D eigenvalue weighted by Crippen LogP contribution is 2.34. The minimum absolute atomic E-state index is 0.0557. The average Bonchev–Trinajstić information content (AvgIpc) is 2.89. The molecule has 0 amide bonds. The lowest BCUT2D eigenvalue weighted by atomic mass is 9.95. The molecule has 106 valence electrons. The Labute approximate surface area is 116 Å². The number of aromatic nitrogens is 2. The first-order valence-corrected chi connectivity index (χ1v) is 6.58. The molecule has 0 saturated carbocycles. The quantitative estimate of drug-likeness (QED) is 0.876. The molecule has 1 saturated heterocycles.